The summed E-state index contributed by atoms with van der Waals surface area (Å²) in [5.41, 5.74) is 7.57. The van der Waals surface area contributed by atoms with Crippen LogP contribution < -0.4 is 5.73 Å². The first kappa shape index (κ1) is 17.3. The molecular weight excluding hydrogens is 256 g/mol. The maximum absolute atomic E-state index is 6.33. The van der Waals surface area contributed by atoms with Crippen LogP contribution in [0.1, 0.15) is 73.6 Å². The highest BCUT2D eigenvalue weighted by Gasteiger charge is 2.47. The molecule has 2 fully saturated rings. The fourth-order valence-electron chi connectivity index (χ4n) is 5.02. The Bertz CT molecular complexity index is 347. The van der Waals surface area contributed by atoms with Gasteiger partial charge >= 0.3 is 0 Å². The molecule has 21 heavy (non-hydrogen) atoms. The van der Waals surface area contributed by atoms with E-state index in [4.69, 9.17) is 5.73 Å². The van der Waals surface area contributed by atoms with Gasteiger partial charge in [0, 0.05) is 12.1 Å². The minimum Gasteiger partial charge on any atom is -0.329 e. The van der Waals surface area contributed by atoms with Gasteiger partial charge < -0.3 is 5.73 Å². The largest absolute Gasteiger partial charge is 0.329 e. The van der Waals surface area contributed by atoms with E-state index in [1.165, 1.54) is 45.2 Å². The van der Waals surface area contributed by atoms with E-state index in [2.05, 4.69) is 46.4 Å². The second kappa shape index (κ2) is 5.85. The van der Waals surface area contributed by atoms with Crippen molar-refractivity contribution in [2.24, 2.45) is 28.4 Å². The van der Waals surface area contributed by atoms with Gasteiger partial charge in [-0.1, -0.05) is 41.5 Å². The Morgan fingerprint density at radius 2 is 1.67 bits per heavy atom. The fraction of sp³-hybridized carbons (Fsp3) is 1.00. The molecule has 0 aromatic rings. The third kappa shape index (κ3) is 3.47. The monoisotopic (exact) mass is 294 g/mol. The zero-order valence-corrected chi connectivity index (χ0v) is 15.3. The summed E-state index contributed by atoms with van der Waals surface area (Å²) < 4.78 is 0. The standard InChI is InChI=1S/C19H38N2/c1-15-13-18(5,6)9-10-19(15,14-20)21-11-7-16(8-12-21)17(2,3)4/h15-16H,7-14,20H2,1-6H3. The second-order valence-corrected chi connectivity index (χ2v) is 9.70. The number of piperidine rings is 1. The quantitative estimate of drug-likeness (QED) is 0.823. The summed E-state index contributed by atoms with van der Waals surface area (Å²) >= 11 is 0. The molecule has 1 aliphatic heterocycles. The van der Waals surface area contributed by atoms with Crippen molar-refractivity contribution in [3.8, 4) is 0 Å². The number of hydrogen-bond donors (Lipinski definition) is 1. The van der Waals surface area contributed by atoms with Gasteiger partial charge in [0.25, 0.3) is 0 Å². The lowest BCUT2D eigenvalue weighted by Crippen LogP contribution is -2.62. The Hall–Kier alpha value is -0.0800. The first-order valence-corrected chi connectivity index (χ1v) is 9.06. The molecule has 0 radical (unpaired) electrons. The Labute approximate surface area is 132 Å². The molecule has 0 bridgehead atoms. The highest BCUT2D eigenvalue weighted by atomic mass is 15.2. The zero-order chi connectivity index (χ0) is 15.9. The lowest BCUT2D eigenvalue weighted by atomic mass is 9.62. The van der Waals surface area contributed by atoms with Crippen LogP contribution in [0.3, 0.4) is 0 Å². The van der Waals surface area contributed by atoms with Crippen molar-refractivity contribution >= 4 is 0 Å². The van der Waals surface area contributed by atoms with Gasteiger partial charge in [-0.25, -0.2) is 0 Å². The van der Waals surface area contributed by atoms with Crippen LogP contribution in [0.5, 0.6) is 0 Å². The van der Waals surface area contributed by atoms with E-state index >= 15 is 0 Å². The first-order chi connectivity index (χ1) is 9.61. The third-order valence-electron chi connectivity index (χ3n) is 6.71. The molecule has 124 valence electrons. The smallest absolute Gasteiger partial charge is 0.0357 e. The van der Waals surface area contributed by atoms with E-state index in [-0.39, 0.29) is 5.54 Å². The van der Waals surface area contributed by atoms with Crippen molar-refractivity contribution in [3.63, 3.8) is 0 Å². The van der Waals surface area contributed by atoms with Gasteiger partial charge in [0.15, 0.2) is 0 Å². The molecule has 1 saturated carbocycles. The molecule has 2 atom stereocenters. The molecule has 2 rings (SSSR count). The average Bonchev–Trinajstić information content (AvgIpc) is 2.38. The molecule has 2 aliphatic rings. The van der Waals surface area contributed by atoms with Gasteiger partial charge in [-0.15, -0.1) is 0 Å². The summed E-state index contributed by atoms with van der Waals surface area (Å²) in [6, 6.07) is 0. The summed E-state index contributed by atoms with van der Waals surface area (Å²) in [4.78, 5) is 2.77. The Morgan fingerprint density at radius 1 is 1.10 bits per heavy atom. The Balaban J connectivity index is 2.06. The van der Waals surface area contributed by atoms with E-state index in [0.717, 1.165) is 18.4 Å². The van der Waals surface area contributed by atoms with Crippen molar-refractivity contribution in [2.45, 2.75) is 79.2 Å². The number of nitrogens with zero attached hydrogens (tertiary/aromatic N) is 1. The molecule has 0 aromatic carbocycles. The molecule has 0 amide bonds. The average molecular weight is 295 g/mol. The van der Waals surface area contributed by atoms with Crippen LogP contribution in [0.15, 0.2) is 0 Å². The van der Waals surface area contributed by atoms with Crippen molar-refractivity contribution in [1.29, 1.82) is 0 Å². The highest BCUT2D eigenvalue weighted by molar-refractivity contribution is 5.03. The van der Waals surface area contributed by atoms with E-state index in [0.29, 0.717) is 10.8 Å². The first-order valence-electron chi connectivity index (χ1n) is 9.06. The maximum Gasteiger partial charge on any atom is 0.0357 e. The molecule has 2 unspecified atom stereocenters. The van der Waals surface area contributed by atoms with Gasteiger partial charge in [0.1, 0.15) is 0 Å². The van der Waals surface area contributed by atoms with Gasteiger partial charge in [-0.2, -0.15) is 0 Å². The molecule has 2 N–H and O–H groups in total. The van der Waals surface area contributed by atoms with Crippen LogP contribution in [0.2, 0.25) is 0 Å². The number of hydrogen-bond acceptors (Lipinski definition) is 2. The summed E-state index contributed by atoms with van der Waals surface area (Å²) in [6.07, 6.45) is 6.64. The molecule has 0 aromatic heterocycles. The fourth-order valence-corrected chi connectivity index (χ4v) is 5.02. The third-order valence-corrected chi connectivity index (χ3v) is 6.71. The minimum atomic E-state index is 0.276. The van der Waals surface area contributed by atoms with Crippen LogP contribution in [0.25, 0.3) is 0 Å². The van der Waals surface area contributed by atoms with Crippen LogP contribution >= 0.6 is 0 Å². The molecule has 2 heteroatoms. The highest BCUT2D eigenvalue weighted by Crippen LogP contribution is 2.47. The van der Waals surface area contributed by atoms with Crippen molar-refractivity contribution < 1.29 is 0 Å². The van der Waals surface area contributed by atoms with Gasteiger partial charge in [-0.05, 0) is 67.9 Å². The molecule has 1 heterocycles. The molecule has 1 aliphatic carbocycles. The lowest BCUT2D eigenvalue weighted by Gasteiger charge is -2.56. The van der Waals surface area contributed by atoms with Crippen LogP contribution in [-0.2, 0) is 0 Å². The summed E-state index contributed by atoms with van der Waals surface area (Å²) in [6.45, 7) is 17.8. The zero-order valence-electron chi connectivity index (χ0n) is 15.3. The summed E-state index contributed by atoms with van der Waals surface area (Å²) in [5.74, 6) is 1.59. The van der Waals surface area contributed by atoms with Crippen LogP contribution in [0.4, 0.5) is 0 Å². The van der Waals surface area contributed by atoms with Crippen molar-refractivity contribution in [3.05, 3.63) is 0 Å². The van der Waals surface area contributed by atoms with E-state index < -0.39 is 0 Å². The van der Waals surface area contributed by atoms with E-state index in [9.17, 15) is 0 Å². The van der Waals surface area contributed by atoms with Crippen molar-refractivity contribution in [1.82, 2.24) is 4.90 Å². The predicted octanol–water partition coefficient (Wildman–Crippen LogP) is 4.29. The molecule has 0 spiro atoms. The number of rotatable bonds is 2. The minimum absolute atomic E-state index is 0.276. The predicted molar refractivity (Wildman–Crippen MR) is 92.3 cm³/mol. The van der Waals surface area contributed by atoms with Gasteiger partial charge in [-0.3, -0.25) is 4.90 Å². The van der Waals surface area contributed by atoms with Crippen molar-refractivity contribution in [2.75, 3.05) is 19.6 Å². The number of likely N-dealkylation sites (tertiary alicyclic amines) is 1. The summed E-state index contributed by atoms with van der Waals surface area (Å²) in [7, 11) is 0. The van der Waals surface area contributed by atoms with Crippen LogP contribution in [-0.4, -0.2) is 30.1 Å². The van der Waals surface area contributed by atoms with E-state index in [1.54, 1.807) is 0 Å². The Morgan fingerprint density at radius 3 is 2.10 bits per heavy atom. The maximum atomic E-state index is 6.33. The summed E-state index contributed by atoms with van der Waals surface area (Å²) in [5, 5.41) is 0. The topological polar surface area (TPSA) is 29.3 Å². The molecule has 2 nitrogen and oxygen atoms in total. The number of nitrogens with two attached hydrogens (primary N) is 1. The van der Waals surface area contributed by atoms with E-state index in [1.807, 2.05) is 0 Å². The van der Waals surface area contributed by atoms with Gasteiger partial charge in [0.05, 0.1) is 0 Å². The lowest BCUT2D eigenvalue weighted by molar-refractivity contribution is -0.0472. The normalized spacial score (nSPS) is 35.9. The van der Waals surface area contributed by atoms with Crippen LogP contribution in [0, 0.1) is 22.7 Å². The molecule has 1 saturated heterocycles. The second-order valence-electron chi connectivity index (χ2n) is 9.70. The SMILES string of the molecule is CC1CC(C)(C)CCC1(CN)N1CCC(C(C)(C)C)CC1. The molecular formula is C19H38N2. The van der Waals surface area contributed by atoms with Gasteiger partial charge in [0.2, 0.25) is 0 Å². The Kier molecular flexibility index (Phi) is 4.81.